The van der Waals surface area contributed by atoms with Gasteiger partial charge in [-0.15, -0.1) is 0 Å². The van der Waals surface area contributed by atoms with E-state index in [2.05, 4.69) is 26.2 Å². The maximum absolute atomic E-state index is 12.9. The second-order valence-corrected chi connectivity index (χ2v) is 5.91. The lowest BCUT2D eigenvalue weighted by molar-refractivity contribution is -0.123. The molecule has 2 rings (SSSR count). The van der Waals surface area contributed by atoms with Gasteiger partial charge >= 0.3 is 0 Å². The number of amides is 1. The first kappa shape index (κ1) is 17.5. The van der Waals surface area contributed by atoms with Crippen LogP contribution in [0.15, 0.2) is 33.8 Å². The lowest BCUT2D eigenvalue weighted by atomic mass is 10.2. The smallest absolute Gasteiger partial charge is 0.277 e. The van der Waals surface area contributed by atoms with E-state index in [4.69, 9.17) is 5.73 Å². The monoisotopic (exact) mass is 388 g/mol. The van der Waals surface area contributed by atoms with Crippen molar-refractivity contribution in [3.63, 3.8) is 0 Å². The second-order valence-electron chi connectivity index (χ2n) is 4.99. The molecule has 0 radical (unpaired) electrons. The topological polar surface area (TPSA) is 90.0 Å². The van der Waals surface area contributed by atoms with Crippen molar-refractivity contribution < 1.29 is 13.6 Å². The highest BCUT2D eigenvalue weighted by Crippen LogP contribution is 2.14. The zero-order chi connectivity index (χ0) is 17.0. The molecule has 1 aromatic carbocycles. The number of halogens is 3. The maximum Gasteiger partial charge on any atom is 0.277 e. The Hall–Kier alpha value is -1.87. The number of carbonyl (C=O) groups excluding carboxylic acids is 1. The summed E-state index contributed by atoms with van der Waals surface area (Å²) in [6.07, 6.45) is 1.22. The quantitative estimate of drug-likeness (QED) is 0.779. The molecule has 0 aliphatic rings. The number of nitrogens with zero attached hydrogens (tertiary/aromatic N) is 2. The molecule has 1 heterocycles. The van der Waals surface area contributed by atoms with Crippen LogP contribution in [0, 0.1) is 0 Å². The largest absolute Gasteiger partial charge is 0.350 e. The lowest BCUT2D eigenvalue weighted by Crippen LogP contribution is -2.41. The molecule has 23 heavy (non-hydrogen) atoms. The molecule has 124 valence electrons. The van der Waals surface area contributed by atoms with E-state index < -0.39 is 24.9 Å². The lowest BCUT2D eigenvalue weighted by Gasteiger charge is -2.14. The highest BCUT2D eigenvalue weighted by molar-refractivity contribution is 9.10. The SMILES string of the molecule is NCC(F)(F)CNC(=O)CCn1cnc2ccc(Br)cc2c1=O. The second kappa shape index (κ2) is 7.14. The first-order valence-corrected chi connectivity index (χ1v) is 7.61. The minimum Gasteiger partial charge on any atom is -0.350 e. The molecule has 2 aromatic rings. The first-order chi connectivity index (χ1) is 10.8. The van der Waals surface area contributed by atoms with Crippen molar-refractivity contribution in [1.29, 1.82) is 0 Å². The van der Waals surface area contributed by atoms with Crippen LogP contribution in [0.2, 0.25) is 0 Å². The fraction of sp³-hybridized carbons (Fsp3) is 0.357. The van der Waals surface area contributed by atoms with Crippen LogP contribution in [0.25, 0.3) is 10.9 Å². The van der Waals surface area contributed by atoms with Gasteiger partial charge in [0.2, 0.25) is 5.91 Å². The summed E-state index contributed by atoms with van der Waals surface area (Å²) in [6.45, 7) is -1.61. The van der Waals surface area contributed by atoms with Crippen LogP contribution in [0.3, 0.4) is 0 Å². The number of fused-ring (bicyclic) bond motifs is 1. The van der Waals surface area contributed by atoms with Crippen molar-refractivity contribution in [3.8, 4) is 0 Å². The molecular weight excluding hydrogens is 374 g/mol. The molecule has 1 amide bonds. The Morgan fingerprint density at radius 2 is 2.17 bits per heavy atom. The van der Waals surface area contributed by atoms with E-state index in [9.17, 15) is 18.4 Å². The summed E-state index contributed by atoms with van der Waals surface area (Å²) in [5.41, 5.74) is 5.13. The van der Waals surface area contributed by atoms with Gasteiger partial charge in [-0.2, -0.15) is 0 Å². The number of rotatable bonds is 6. The number of hydrogen-bond acceptors (Lipinski definition) is 4. The zero-order valence-electron chi connectivity index (χ0n) is 12.1. The predicted molar refractivity (Wildman–Crippen MR) is 85.3 cm³/mol. The van der Waals surface area contributed by atoms with Gasteiger partial charge in [-0.05, 0) is 18.2 Å². The van der Waals surface area contributed by atoms with Gasteiger partial charge in [0.1, 0.15) is 0 Å². The maximum atomic E-state index is 12.9. The number of hydrogen-bond donors (Lipinski definition) is 2. The van der Waals surface area contributed by atoms with Gasteiger partial charge in [-0.25, -0.2) is 13.8 Å². The van der Waals surface area contributed by atoms with Gasteiger partial charge in [-0.3, -0.25) is 14.2 Å². The molecule has 9 heteroatoms. The van der Waals surface area contributed by atoms with Gasteiger partial charge in [0.05, 0.1) is 30.3 Å². The fourth-order valence-electron chi connectivity index (χ4n) is 1.90. The third-order valence-electron chi connectivity index (χ3n) is 3.21. The van der Waals surface area contributed by atoms with Gasteiger partial charge < -0.3 is 11.1 Å². The number of alkyl halides is 2. The number of aryl methyl sites for hydroxylation is 1. The summed E-state index contributed by atoms with van der Waals surface area (Å²) in [5.74, 6) is -3.72. The number of benzene rings is 1. The highest BCUT2D eigenvalue weighted by atomic mass is 79.9. The van der Waals surface area contributed by atoms with E-state index >= 15 is 0 Å². The van der Waals surface area contributed by atoms with Gasteiger partial charge in [-0.1, -0.05) is 15.9 Å². The molecule has 0 fully saturated rings. The average molecular weight is 389 g/mol. The molecule has 0 unspecified atom stereocenters. The summed E-state index contributed by atoms with van der Waals surface area (Å²) in [5, 5.41) is 2.51. The summed E-state index contributed by atoms with van der Waals surface area (Å²) in [6, 6.07) is 5.11. The van der Waals surface area contributed by atoms with E-state index in [-0.39, 0.29) is 18.5 Å². The normalized spacial score (nSPS) is 11.7. The summed E-state index contributed by atoms with van der Waals surface area (Å²) in [4.78, 5) is 28.0. The molecule has 0 spiro atoms. The Labute approximate surface area is 138 Å². The third kappa shape index (κ3) is 4.55. The van der Waals surface area contributed by atoms with Crippen molar-refractivity contribution in [3.05, 3.63) is 39.4 Å². The molecule has 6 nitrogen and oxygen atoms in total. The molecule has 0 aliphatic carbocycles. The molecule has 0 aliphatic heterocycles. The molecular formula is C14H15BrF2N4O2. The van der Waals surface area contributed by atoms with Crippen LogP contribution < -0.4 is 16.6 Å². The van der Waals surface area contributed by atoms with E-state index in [1.165, 1.54) is 10.9 Å². The minimum absolute atomic E-state index is 0.0499. The van der Waals surface area contributed by atoms with Crippen LogP contribution in [-0.4, -0.2) is 34.5 Å². The Morgan fingerprint density at radius 3 is 2.87 bits per heavy atom. The molecule has 0 atom stereocenters. The van der Waals surface area contributed by atoms with E-state index in [0.29, 0.717) is 10.9 Å². The summed E-state index contributed by atoms with van der Waals surface area (Å²) >= 11 is 3.28. The van der Waals surface area contributed by atoms with Crippen LogP contribution in [0.5, 0.6) is 0 Å². The molecule has 3 N–H and O–H groups in total. The number of aromatic nitrogens is 2. The minimum atomic E-state index is -3.14. The summed E-state index contributed by atoms with van der Waals surface area (Å²) in [7, 11) is 0. The zero-order valence-corrected chi connectivity index (χ0v) is 13.6. The predicted octanol–water partition coefficient (Wildman–Crippen LogP) is 1.26. The standard InChI is InChI=1S/C14H15BrF2N4O2/c15-9-1-2-11-10(5-9)13(23)21(8-20-11)4-3-12(22)19-7-14(16,17)6-18/h1-2,5,8H,3-4,6-7,18H2,(H,19,22). The number of nitrogens with one attached hydrogen (secondary N) is 1. The number of nitrogens with two attached hydrogens (primary N) is 1. The fourth-order valence-corrected chi connectivity index (χ4v) is 2.26. The van der Waals surface area contributed by atoms with Gasteiger partial charge in [0, 0.05) is 17.4 Å². The Morgan fingerprint density at radius 1 is 1.43 bits per heavy atom. The van der Waals surface area contributed by atoms with Crippen LogP contribution >= 0.6 is 15.9 Å². The van der Waals surface area contributed by atoms with E-state index in [1.54, 1.807) is 18.2 Å². The Bertz CT molecular complexity index is 779. The molecule has 0 bridgehead atoms. The number of carbonyl (C=O) groups is 1. The molecule has 0 saturated heterocycles. The van der Waals surface area contributed by atoms with Gasteiger partial charge in [0.25, 0.3) is 11.5 Å². The van der Waals surface area contributed by atoms with Crippen molar-refractivity contribution >= 4 is 32.7 Å². The Balaban J connectivity index is 2.04. The average Bonchev–Trinajstić information content (AvgIpc) is 2.53. The van der Waals surface area contributed by atoms with Crippen molar-refractivity contribution in [2.45, 2.75) is 18.9 Å². The molecule has 1 aromatic heterocycles. The highest BCUT2D eigenvalue weighted by Gasteiger charge is 2.26. The van der Waals surface area contributed by atoms with Crippen molar-refractivity contribution in [1.82, 2.24) is 14.9 Å². The van der Waals surface area contributed by atoms with Gasteiger partial charge in [0.15, 0.2) is 0 Å². The van der Waals surface area contributed by atoms with Crippen LogP contribution in [0.1, 0.15) is 6.42 Å². The van der Waals surface area contributed by atoms with E-state index in [1.807, 2.05) is 0 Å². The first-order valence-electron chi connectivity index (χ1n) is 6.82. The van der Waals surface area contributed by atoms with Crippen LogP contribution in [0.4, 0.5) is 8.78 Å². The third-order valence-corrected chi connectivity index (χ3v) is 3.70. The van der Waals surface area contributed by atoms with E-state index in [0.717, 1.165) is 4.47 Å². The van der Waals surface area contributed by atoms with Crippen molar-refractivity contribution in [2.75, 3.05) is 13.1 Å². The summed E-state index contributed by atoms with van der Waals surface area (Å²) < 4.78 is 27.9. The molecule has 0 saturated carbocycles. The van der Waals surface area contributed by atoms with Crippen molar-refractivity contribution in [2.24, 2.45) is 5.73 Å². The van der Waals surface area contributed by atoms with Crippen LogP contribution in [-0.2, 0) is 11.3 Å². The Kier molecular flexibility index (Phi) is 5.42.